The van der Waals surface area contributed by atoms with Gasteiger partial charge in [-0.25, -0.2) is 0 Å². The maximum absolute atomic E-state index is 3.19. The summed E-state index contributed by atoms with van der Waals surface area (Å²) in [5.41, 5.74) is 5.78. The standard InChI is InChI=1S/C19H18/c1(2-6-12-18-14-8-4-9-15-18)3-7-13-19-16-10-5-11-17-19/h2-6,8-12,14-17H,7,13H2/b12-6+. The van der Waals surface area contributed by atoms with E-state index in [0.717, 1.165) is 12.8 Å². The van der Waals surface area contributed by atoms with Crippen molar-refractivity contribution in [1.82, 2.24) is 0 Å². The van der Waals surface area contributed by atoms with Crippen LogP contribution in [0.1, 0.15) is 17.5 Å². The van der Waals surface area contributed by atoms with Gasteiger partial charge in [-0.15, -0.1) is 5.73 Å². The van der Waals surface area contributed by atoms with Crippen LogP contribution in [0.4, 0.5) is 0 Å². The molecule has 0 aliphatic carbocycles. The topological polar surface area (TPSA) is 0 Å². The molecule has 0 saturated carbocycles. The molecular weight excluding hydrogens is 228 g/mol. The van der Waals surface area contributed by atoms with Crippen LogP contribution in [0.15, 0.2) is 84.6 Å². The molecular formula is C19H18. The smallest absolute Gasteiger partial charge is 0.0203 e. The third kappa shape index (κ3) is 5.25. The summed E-state index contributed by atoms with van der Waals surface area (Å²) in [6.07, 6.45) is 10.2. The van der Waals surface area contributed by atoms with Crippen LogP contribution in [0, 0.1) is 0 Å². The molecule has 2 rings (SSSR count). The van der Waals surface area contributed by atoms with Gasteiger partial charge < -0.3 is 0 Å². The molecule has 0 bridgehead atoms. The van der Waals surface area contributed by atoms with Crippen molar-refractivity contribution in [1.29, 1.82) is 0 Å². The van der Waals surface area contributed by atoms with Gasteiger partial charge in [-0.05, 0) is 36.1 Å². The number of rotatable bonds is 5. The lowest BCUT2D eigenvalue weighted by Crippen LogP contribution is -1.80. The van der Waals surface area contributed by atoms with Crippen molar-refractivity contribution in [2.24, 2.45) is 0 Å². The Morgan fingerprint density at radius 2 is 1.53 bits per heavy atom. The molecule has 2 aromatic carbocycles. The van der Waals surface area contributed by atoms with E-state index in [-0.39, 0.29) is 0 Å². The first kappa shape index (κ1) is 13.1. The van der Waals surface area contributed by atoms with Crippen molar-refractivity contribution in [2.45, 2.75) is 12.8 Å². The summed E-state index contributed by atoms with van der Waals surface area (Å²) < 4.78 is 0. The van der Waals surface area contributed by atoms with Crippen molar-refractivity contribution < 1.29 is 0 Å². The fourth-order valence-electron chi connectivity index (χ4n) is 1.81. The quantitative estimate of drug-likeness (QED) is 0.512. The third-order valence-electron chi connectivity index (χ3n) is 2.82. The molecule has 0 nitrogen and oxygen atoms in total. The highest BCUT2D eigenvalue weighted by molar-refractivity contribution is 5.50. The summed E-state index contributed by atoms with van der Waals surface area (Å²) in [7, 11) is 0. The Kier molecular flexibility index (Phi) is 5.48. The first-order chi connectivity index (χ1) is 9.45. The Balaban J connectivity index is 1.77. The lowest BCUT2D eigenvalue weighted by atomic mass is 10.1. The van der Waals surface area contributed by atoms with E-state index < -0.39 is 0 Å². The fraction of sp³-hybridized carbons (Fsp3) is 0.105. The minimum Gasteiger partial charge on any atom is -0.125 e. The maximum atomic E-state index is 3.19. The van der Waals surface area contributed by atoms with Crippen molar-refractivity contribution >= 4 is 6.08 Å². The largest absolute Gasteiger partial charge is 0.125 e. The fourth-order valence-corrected chi connectivity index (χ4v) is 1.81. The van der Waals surface area contributed by atoms with E-state index in [4.69, 9.17) is 0 Å². The Morgan fingerprint density at radius 1 is 0.842 bits per heavy atom. The molecule has 0 heteroatoms. The summed E-state index contributed by atoms with van der Waals surface area (Å²) in [6.45, 7) is 0. The zero-order valence-corrected chi connectivity index (χ0v) is 11.0. The second-order valence-corrected chi connectivity index (χ2v) is 4.33. The van der Waals surface area contributed by atoms with E-state index in [1.807, 2.05) is 36.4 Å². The van der Waals surface area contributed by atoms with Gasteiger partial charge in [0.15, 0.2) is 0 Å². The summed E-state index contributed by atoms with van der Waals surface area (Å²) in [4.78, 5) is 0. The minimum absolute atomic E-state index is 1.03. The summed E-state index contributed by atoms with van der Waals surface area (Å²) >= 11 is 0. The molecule has 0 N–H and O–H groups in total. The number of hydrogen-bond acceptors (Lipinski definition) is 0. The number of hydrogen-bond donors (Lipinski definition) is 0. The van der Waals surface area contributed by atoms with Crippen molar-refractivity contribution in [3.05, 3.63) is 95.7 Å². The van der Waals surface area contributed by atoms with E-state index >= 15 is 0 Å². The zero-order valence-electron chi connectivity index (χ0n) is 11.0. The van der Waals surface area contributed by atoms with Crippen molar-refractivity contribution in [2.75, 3.05) is 0 Å². The third-order valence-corrected chi connectivity index (χ3v) is 2.82. The predicted octanol–water partition coefficient (Wildman–Crippen LogP) is 5.04. The molecule has 0 amide bonds. The van der Waals surface area contributed by atoms with Gasteiger partial charge >= 0.3 is 0 Å². The molecule has 0 saturated heterocycles. The van der Waals surface area contributed by atoms with Crippen LogP contribution in [-0.4, -0.2) is 0 Å². The molecule has 0 aliphatic heterocycles. The van der Waals surface area contributed by atoms with Crippen molar-refractivity contribution in [3.63, 3.8) is 0 Å². The number of aryl methyl sites for hydroxylation is 1. The summed E-state index contributed by atoms with van der Waals surface area (Å²) in [5.74, 6) is 0. The second-order valence-electron chi connectivity index (χ2n) is 4.33. The first-order valence-electron chi connectivity index (χ1n) is 6.62. The van der Waals surface area contributed by atoms with Crippen LogP contribution in [0.5, 0.6) is 0 Å². The maximum Gasteiger partial charge on any atom is -0.0203 e. The van der Waals surface area contributed by atoms with E-state index in [1.54, 1.807) is 0 Å². The Morgan fingerprint density at radius 3 is 2.26 bits per heavy atom. The van der Waals surface area contributed by atoms with E-state index in [0.29, 0.717) is 0 Å². The molecule has 94 valence electrons. The molecule has 0 fully saturated rings. The molecule has 0 radical (unpaired) electrons. The van der Waals surface area contributed by atoms with E-state index in [2.05, 4.69) is 54.3 Å². The predicted molar refractivity (Wildman–Crippen MR) is 82.9 cm³/mol. The SMILES string of the molecule is C(=C/C=C/c1ccccc1)=CCCc1ccccc1. The van der Waals surface area contributed by atoms with Gasteiger partial charge in [0.05, 0.1) is 0 Å². The first-order valence-corrected chi connectivity index (χ1v) is 6.62. The monoisotopic (exact) mass is 246 g/mol. The van der Waals surface area contributed by atoms with Crippen LogP contribution in [0.2, 0.25) is 0 Å². The molecule has 0 atom stereocenters. The molecule has 19 heavy (non-hydrogen) atoms. The Hall–Kier alpha value is -2.30. The van der Waals surface area contributed by atoms with Gasteiger partial charge in [-0.3, -0.25) is 0 Å². The Labute approximate surface area is 115 Å². The zero-order chi connectivity index (χ0) is 13.2. The van der Waals surface area contributed by atoms with Gasteiger partial charge in [0.25, 0.3) is 0 Å². The van der Waals surface area contributed by atoms with Crippen LogP contribution >= 0.6 is 0 Å². The molecule has 0 heterocycles. The van der Waals surface area contributed by atoms with Crippen LogP contribution in [-0.2, 0) is 6.42 Å². The average molecular weight is 246 g/mol. The minimum atomic E-state index is 1.03. The lowest BCUT2D eigenvalue weighted by molar-refractivity contribution is 1.00. The average Bonchev–Trinajstić information content (AvgIpc) is 2.48. The van der Waals surface area contributed by atoms with Gasteiger partial charge in [0, 0.05) is 0 Å². The normalized spacial score (nSPS) is 10.1. The van der Waals surface area contributed by atoms with Gasteiger partial charge in [-0.2, -0.15) is 0 Å². The van der Waals surface area contributed by atoms with E-state index in [9.17, 15) is 0 Å². The molecule has 0 aliphatic rings. The highest BCUT2D eigenvalue weighted by Crippen LogP contribution is 2.03. The lowest BCUT2D eigenvalue weighted by Gasteiger charge is -1.94. The second kappa shape index (κ2) is 7.92. The van der Waals surface area contributed by atoms with E-state index in [1.165, 1.54) is 11.1 Å². The van der Waals surface area contributed by atoms with Crippen LogP contribution in [0.25, 0.3) is 6.08 Å². The van der Waals surface area contributed by atoms with Gasteiger partial charge in [0.2, 0.25) is 0 Å². The van der Waals surface area contributed by atoms with Gasteiger partial charge in [-0.1, -0.05) is 72.8 Å². The molecule has 2 aromatic rings. The van der Waals surface area contributed by atoms with Crippen molar-refractivity contribution in [3.8, 4) is 0 Å². The highest BCUT2D eigenvalue weighted by Gasteiger charge is 1.86. The number of allylic oxidation sites excluding steroid dienone is 2. The molecule has 0 spiro atoms. The highest BCUT2D eigenvalue weighted by atomic mass is 13.9. The molecule has 0 unspecified atom stereocenters. The summed E-state index contributed by atoms with van der Waals surface area (Å²) in [5, 5.41) is 0. The molecule has 0 aromatic heterocycles. The Bertz CT molecular complexity index is 556. The van der Waals surface area contributed by atoms with Gasteiger partial charge in [0.1, 0.15) is 0 Å². The summed E-state index contributed by atoms with van der Waals surface area (Å²) in [6, 6.07) is 20.8. The number of benzene rings is 2. The van der Waals surface area contributed by atoms with Crippen LogP contribution in [0.3, 0.4) is 0 Å². The van der Waals surface area contributed by atoms with Crippen LogP contribution < -0.4 is 0 Å².